The molecule has 1 saturated carbocycles. The third-order valence-electron chi connectivity index (χ3n) is 5.16. The Morgan fingerprint density at radius 2 is 1.52 bits per heavy atom. The highest BCUT2D eigenvalue weighted by Gasteiger charge is 2.34. The first-order chi connectivity index (χ1) is 14.8. The Kier molecular flexibility index (Phi) is 6.68. The molecule has 0 heterocycles. The van der Waals surface area contributed by atoms with E-state index in [1.165, 1.54) is 0 Å². The van der Waals surface area contributed by atoms with Gasteiger partial charge in [0.2, 0.25) is 0 Å². The predicted molar refractivity (Wildman–Crippen MR) is 109 cm³/mol. The van der Waals surface area contributed by atoms with E-state index in [4.69, 9.17) is 14.2 Å². The van der Waals surface area contributed by atoms with Crippen molar-refractivity contribution in [1.82, 2.24) is 0 Å². The highest BCUT2D eigenvalue weighted by molar-refractivity contribution is 5.91. The average molecular weight is 430 g/mol. The molecule has 0 unspecified atom stereocenters. The molecule has 1 aliphatic rings. The van der Waals surface area contributed by atoms with Crippen molar-refractivity contribution < 1.29 is 28.9 Å². The van der Waals surface area contributed by atoms with E-state index in [0.717, 1.165) is 24.6 Å². The number of nitro groups is 2. The number of carbonyl (C=O) groups is 1. The number of carbonyl (C=O) groups excluding carboxylic acids is 1. The third kappa shape index (κ3) is 5.47. The summed E-state index contributed by atoms with van der Waals surface area (Å²) in [6, 6.07) is 9.76. The number of hydrogen-bond donors (Lipinski definition) is 0. The fraction of sp³-hybridized carbons (Fsp3) is 0.381. The van der Waals surface area contributed by atoms with Crippen LogP contribution in [0.5, 0.6) is 11.5 Å². The van der Waals surface area contributed by atoms with Gasteiger partial charge >= 0.3 is 5.97 Å². The number of non-ortho nitro benzene ring substituents is 2. The zero-order chi connectivity index (χ0) is 22.5. The van der Waals surface area contributed by atoms with Crippen LogP contribution in [0.3, 0.4) is 0 Å². The van der Waals surface area contributed by atoms with E-state index in [-0.39, 0.29) is 5.56 Å². The number of nitro benzene ring substituents is 2. The number of methoxy groups -OCH3 is 1. The molecule has 0 aromatic heterocycles. The minimum Gasteiger partial charge on any atom is -0.497 e. The molecule has 1 aliphatic carbocycles. The second-order valence-electron chi connectivity index (χ2n) is 7.45. The second-order valence-corrected chi connectivity index (χ2v) is 7.45. The lowest BCUT2D eigenvalue weighted by atomic mass is 9.86. The molecule has 0 bridgehead atoms. The SMILES string of the molecule is COc1ccc(O[C@H]2C[C@H](C)CC[C@@H]2OC(=O)c2cc([N+](=O)[O-])cc([N+](=O)[O-])c2)cc1. The van der Waals surface area contributed by atoms with Crippen molar-refractivity contribution in [2.45, 2.75) is 38.4 Å². The van der Waals surface area contributed by atoms with Crippen molar-refractivity contribution in [3.63, 3.8) is 0 Å². The van der Waals surface area contributed by atoms with Crippen molar-refractivity contribution in [3.8, 4) is 11.5 Å². The van der Waals surface area contributed by atoms with Crippen LogP contribution < -0.4 is 9.47 Å². The average Bonchev–Trinajstić information content (AvgIpc) is 2.75. The first-order valence-electron chi connectivity index (χ1n) is 9.72. The van der Waals surface area contributed by atoms with E-state index in [9.17, 15) is 25.0 Å². The minimum atomic E-state index is -0.866. The Balaban J connectivity index is 1.79. The number of benzene rings is 2. The number of ether oxygens (including phenoxy) is 3. The Labute approximate surface area is 178 Å². The molecule has 0 amide bonds. The Morgan fingerprint density at radius 1 is 0.935 bits per heavy atom. The molecule has 0 radical (unpaired) electrons. The van der Waals surface area contributed by atoms with Crippen LogP contribution in [-0.2, 0) is 4.74 Å². The molecular formula is C21H22N2O8. The predicted octanol–water partition coefficient (Wildman–Crippen LogP) is 4.30. The normalized spacial score (nSPS) is 20.5. The zero-order valence-corrected chi connectivity index (χ0v) is 17.1. The minimum absolute atomic E-state index is 0.247. The molecule has 0 saturated heterocycles. The number of rotatable bonds is 7. The summed E-state index contributed by atoms with van der Waals surface area (Å²) in [4.78, 5) is 33.3. The lowest BCUT2D eigenvalue weighted by Gasteiger charge is -2.34. The molecule has 31 heavy (non-hydrogen) atoms. The van der Waals surface area contributed by atoms with Crippen LogP contribution in [0.2, 0.25) is 0 Å². The summed E-state index contributed by atoms with van der Waals surface area (Å²) in [6.07, 6.45) is 0.998. The molecule has 1 fully saturated rings. The van der Waals surface area contributed by atoms with E-state index in [0.29, 0.717) is 30.3 Å². The van der Waals surface area contributed by atoms with Crippen molar-refractivity contribution in [3.05, 3.63) is 68.3 Å². The van der Waals surface area contributed by atoms with Gasteiger partial charge in [-0.2, -0.15) is 0 Å². The Hall–Kier alpha value is -3.69. The monoisotopic (exact) mass is 430 g/mol. The number of hydrogen-bond acceptors (Lipinski definition) is 8. The molecule has 164 valence electrons. The number of nitrogens with zero attached hydrogens (tertiary/aromatic N) is 2. The number of esters is 1. The standard InChI is InChI=1S/C21H22N2O8/c1-13-3-8-19(20(9-13)30-18-6-4-17(29-2)5-7-18)31-21(24)14-10-15(22(25)26)12-16(11-14)23(27)28/h4-7,10-13,19-20H,3,8-9H2,1-2H3/t13-,19+,20+/m1/s1. The van der Waals surface area contributed by atoms with Crippen LogP contribution in [0.15, 0.2) is 42.5 Å². The zero-order valence-electron chi connectivity index (χ0n) is 17.1. The van der Waals surface area contributed by atoms with Crippen molar-refractivity contribution in [2.24, 2.45) is 5.92 Å². The molecule has 3 rings (SSSR count). The van der Waals surface area contributed by atoms with Gasteiger partial charge in [-0.25, -0.2) is 4.79 Å². The molecule has 10 nitrogen and oxygen atoms in total. The molecule has 0 spiro atoms. The van der Waals surface area contributed by atoms with Gasteiger partial charge in [-0.05, 0) is 49.4 Å². The van der Waals surface area contributed by atoms with Gasteiger partial charge in [-0.15, -0.1) is 0 Å². The largest absolute Gasteiger partial charge is 0.497 e. The summed E-state index contributed by atoms with van der Waals surface area (Å²) in [7, 11) is 1.56. The van der Waals surface area contributed by atoms with Crippen LogP contribution in [-0.4, -0.2) is 35.1 Å². The van der Waals surface area contributed by atoms with E-state index < -0.39 is 39.4 Å². The fourth-order valence-electron chi connectivity index (χ4n) is 3.52. The van der Waals surface area contributed by atoms with Crippen LogP contribution in [0, 0.1) is 26.1 Å². The van der Waals surface area contributed by atoms with Gasteiger partial charge in [-0.3, -0.25) is 20.2 Å². The highest BCUT2D eigenvalue weighted by atomic mass is 16.6. The lowest BCUT2D eigenvalue weighted by molar-refractivity contribution is -0.394. The summed E-state index contributed by atoms with van der Waals surface area (Å²) in [5.74, 6) is 0.762. The molecule has 2 aromatic rings. The Bertz CT molecular complexity index is 944. The van der Waals surface area contributed by atoms with Gasteiger partial charge in [0.05, 0.1) is 28.6 Å². The van der Waals surface area contributed by atoms with Gasteiger partial charge in [0.15, 0.2) is 0 Å². The van der Waals surface area contributed by atoms with E-state index >= 15 is 0 Å². The first kappa shape index (κ1) is 22.0. The van der Waals surface area contributed by atoms with Gasteiger partial charge in [0.1, 0.15) is 23.7 Å². The second kappa shape index (κ2) is 9.41. The molecule has 10 heteroatoms. The maximum atomic E-state index is 12.7. The first-order valence-corrected chi connectivity index (χ1v) is 9.72. The summed E-state index contributed by atoms with van der Waals surface area (Å²) >= 11 is 0. The van der Waals surface area contributed by atoms with Gasteiger partial charge in [0.25, 0.3) is 11.4 Å². The quantitative estimate of drug-likeness (QED) is 0.361. The molecule has 2 aromatic carbocycles. The molecular weight excluding hydrogens is 408 g/mol. The Morgan fingerprint density at radius 3 is 2.06 bits per heavy atom. The molecule has 3 atom stereocenters. The van der Waals surface area contributed by atoms with Crippen LogP contribution in [0.1, 0.15) is 36.5 Å². The summed E-state index contributed by atoms with van der Waals surface area (Å²) < 4.78 is 16.8. The lowest BCUT2D eigenvalue weighted by Crippen LogP contribution is -2.40. The van der Waals surface area contributed by atoms with Crippen molar-refractivity contribution >= 4 is 17.3 Å². The van der Waals surface area contributed by atoms with E-state index in [1.54, 1.807) is 31.4 Å². The van der Waals surface area contributed by atoms with Crippen molar-refractivity contribution in [1.29, 1.82) is 0 Å². The maximum Gasteiger partial charge on any atom is 0.339 e. The van der Waals surface area contributed by atoms with Gasteiger partial charge < -0.3 is 14.2 Å². The topological polar surface area (TPSA) is 131 Å². The maximum absolute atomic E-state index is 12.7. The van der Waals surface area contributed by atoms with Gasteiger partial charge in [-0.1, -0.05) is 6.92 Å². The molecule has 0 N–H and O–H groups in total. The molecule has 0 aliphatic heterocycles. The van der Waals surface area contributed by atoms with E-state index in [1.807, 2.05) is 0 Å². The summed E-state index contributed by atoms with van der Waals surface area (Å²) in [5, 5.41) is 22.2. The fourth-order valence-corrected chi connectivity index (χ4v) is 3.52. The van der Waals surface area contributed by atoms with Crippen LogP contribution in [0.25, 0.3) is 0 Å². The third-order valence-corrected chi connectivity index (χ3v) is 5.16. The highest BCUT2D eigenvalue weighted by Crippen LogP contribution is 2.31. The summed E-state index contributed by atoms with van der Waals surface area (Å²) in [6.45, 7) is 2.08. The van der Waals surface area contributed by atoms with E-state index in [2.05, 4.69) is 6.92 Å². The van der Waals surface area contributed by atoms with Crippen molar-refractivity contribution in [2.75, 3.05) is 7.11 Å². The summed E-state index contributed by atoms with van der Waals surface area (Å²) in [5.41, 5.74) is -1.35. The van der Waals surface area contributed by atoms with Crippen LogP contribution >= 0.6 is 0 Å². The van der Waals surface area contributed by atoms with Gasteiger partial charge in [0, 0.05) is 12.1 Å². The smallest absolute Gasteiger partial charge is 0.339 e. The van der Waals surface area contributed by atoms with Crippen LogP contribution in [0.4, 0.5) is 11.4 Å².